The molecular formula is C23H26O6. The standard InChI is InChI=1S/C23H26O6/c1-16(20(14-24)28-15-18-10-6-4-7-11-18)21(17(2)22(25)27-3)29-23(26)19-12-8-5-9-13-19/h4-14,16-17,20-21H,15H2,1-3H3/t16-,17-,20-,21-/m1/s1. The Balaban J connectivity index is 2.17. The Morgan fingerprint density at radius 1 is 0.966 bits per heavy atom. The first kappa shape index (κ1) is 22.3. The highest BCUT2D eigenvalue weighted by Crippen LogP contribution is 2.24. The van der Waals surface area contributed by atoms with E-state index < -0.39 is 36.0 Å². The summed E-state index contributed by atoms with van der Waals surface area (Å²) in [5.41, 5.74) is 1.26. The third-order valence-corrected chi connectivity index (χ3v) is 4.77. The van der Waals surface area contributed by atoms with Crippen LogP contribution in [0.5, 0.6) is 0 Å². The van der Waals surface area contributed by atoms with E-state index in [9.17, 15) is 14.4 Å². The second-order valence-corrected chi connectivity index (χ2v) is 6.80. The third-order valence-electron chi connectivity index (χ3n) is 4.77. The molecule has 0 aromatic heterocycles. The van der Waals surface area contributed by atoms with Gasteiger partial charge in [-0.2, -0.15) is 0 Å². The number of aldehydes is 1. The first-order valence-electron chi connectivity index (χ1n) is 9.42. The maximum atomic E-state index is 12.6. The lowest BCUT2D eigenvalue weighted by Crippen LogP contribution is -2.42. The average molecular weight is 398 g/mol. The van der Waals surface area contributed by atoms with Crippen molar-refractivity contribution in [2.24, 2.45) is 11.8 Å². The molecule has 0 saturated carbocycles. The van der Waals surface area contributed by atoms with Crippen molar-refractivity contribution in [2.75, 3.05) is 7.11 Å². The number of carbonyl (C=O) groups excluding carboxylic acids is 3. The summed E-state index contributed by atoms with van der Waals surface area (Å²) in [4.78, 5) is 36.4. The lowest BCUT2D eigenvalue weighted by molar-refractivity contribution is -0.153. The molecule has 0 heterocycles. The fourth-order valence-corrected chi connectivity index (χ4v) is 3.02. The molecular weight excluding hydrogens is 372 g/mol. The van der Waals surface area contributed by atoms with Crippen LogP contribution in [0, 0.1) is 11.8 Å². The van der Waals surface area contributed by atoms with Gasteiger partial charge in [-0.05, 0) is 24.6 Å². The Bertz CT molecular complexity index is 790. The molecule has 0 bridgehead atoms. The van der Waals surface area contributed by atoms with Gasteiger partial charge in [0.05, 0.1) is 25.2 Å². The van der Waals surface area contributed by atoms with Gasteiger partial charge in [-0.3, -0.25) is 4.79 Å². The second kappa shape index (κ2) is 11.1. The maximum Gasteiger partial charge on any atom is 0.338 e. The van der Waals surface area contributed by atoms with Gasteiger partial charge in [0, 0.05) is 5.92 Å². The molecule has 6 nitrogen and oxygen atoms in total. The van der Waals surface area contributed by atoms with Crippen LogP contribution in [0.3, 0.4) is 0 Å². The number of benzene rings is 2. The summed E-state index contributed by atoms with van der Waals surface area (Å²) in [5, 5.41) is 0. The van der Waals surface area contributed by atoms with Gasteiger partial charge in [-0.15, -0.1) is 0 Å². The van der Waals surface area contributed by atoms with E-state index in [0.717, 1.165) is 5.56 Å². The minimum Gasteiger partial charge on any atom is -0.469 e. The Morgan fingerprint density at radius 3 is 2.10 bits per heavy atom. The van der Waals surface area contributed by atoms with Crippen LogP contribution in [0.2, 0.25) is 0 Å². The van der Waals surface area contributed by atoms with E-state index >= 15 is 0 Å². The first-order valence-corrected chi connectivity index (χ1v) is 9.42. The highest BCUT2D eigenvalue weighted by atomic mass is 16.6. The Labute approximate surface area is 170 Å². The monoisotopic (exact) mass is 398 g/mol. The lowest BCUT2D eigenvalue weighted by Gasteiger charge is -2.31. The van der Waals surface area contributed by atoms with Crippen LogP contribution in [0.25, 0.3) is 0 Å². The SMILES string of the molecule is COC(=O)[C@H](C)[C@H](OC(=O)c1ccccc1)[C@H](C)[C@@H](C=O)OCc1ccccc1. The lowest BCUT2D eigenvalue weighted by atomic mass is 9.89. The van der Waals surface area contributed by atoms with E-state index in [4.69, 9.17) is 14.2 Å². The van der Waals surface area contributed by atoms with Crippen molar-refractivity contribution in [3.05, 3.63) is 71.8 Å². The summed E-state index contributed by atoms with van der Waals surface area (Å²) in [7, 11) is 1.27. The molecule has 154 valence electrons. The van der Waals surface area contributed by atoms with Gasteiger partial charge in [0.15, 0.2) is 0 Å². The highest BCUT2D eigenvalue weighted by Gasteiger charge is 2.37. The van der Waals surface area contributed by atoms with E-state index in [1.54, 1.807) is 44.2 Å². The molecule has 6 heteroatoms. The van der Waals surface area contributed by atoms with Crippen molar-refractivity contribution >= 4 is 18.2 Å². The van der Waals surface area contributed by atoms with Crippen LogP contribution in [0.4, 0.5) is 0 Å². The minimum atomic E-state index is -0.902. The Hall–Kier alpha value is -2.99. The summed E-state index contributed by atoms with van der Waals surface area (Å²) in [6.07, 6.45) is -1.10. The van der Waals surface area contributed by atoms with Crippen LogP contribution in [-0.4, -0.2) is 37.5 Å². The minimum absolute atomic E-state index is 0.223. The van der Waals surface area contributed by atoms with E-state index in [1.807, 2.05) is 30.3 Å². The summed E-state index contributed by atoms with van der Waals surface area (Å²) in [6, 6.07) is 17.9. The quantitative estimate of drug-likeness (QED) is 0.451. The molecule has 2 aromatic rings. The van der Waals surface area contributed by atoms with E-state index in [2.05, 4.69) is 0 Å². The molecule has 0 saturated heterocycles. The summed E-state index contributed by atoms with van der Waals surface area (Å²) in [6.45, 7) is 3.54. The van der Waals surface area contributed by atoms with Gasteiger partial charge in [0.25, 0.3) is 0 Å². The number of hydrogen-bond donors (Lipinski definition) is 0. The predicted octanol–water partition coefficient (Wildman–Crippen LogP) is 3.44. The summed E-state index contributed by atoms with van der Waals surface area (Å²) < 4.78 is 16.2. The number of methoxy groups -OCH3 is 1. The molecule has 0 amide bonds. The molecule has 0 aliphatic rings. The number of carbonyl (C=O) groups is 3. The molecule has 2 aromatic carbocycles. The van der Waals surface area contributed by atoms with Gasteiger partial charge >= 0.3 is 11.9 Å². The molecule has 0 fully saturated rings. The molecule has 29 heavy (non-hydrogen) atoms. The smallest absolute Gasteiger partial charge is 0.338 e. The summed E-state index contributed by atoms with van der Waals surface area (Å²) >= 11 is 0. The predicted molar refractivity (Wildman–Crippen MR) is 107 cm³/mol. The van der Waals surface area contributed by atoms with Crippen molar-refractivity contribution in [2.45, 2.75) is 32.7 Å². The Kier molecular flexibility index (Phi) is 8.55. The zero-order valence-electron chi connectivity index (χ0n) is 16.8. The van der Waals surface area contributed by atoms with Gasteiger partial charge in [0.1, 0.15) is 18.5 Å². The average Bonchev–Trinajstić information content (AvgIpc) is 2.77. The van der Waals surface area contributed by atoms with Crippen molar-refractivity contribution in [1.82, 2.24) is 0 Å². The van der Waals surface area contributed by atoms with Crippen molar-refractivity contribution in [3.63, 3.8) is 0 Å². The van der Waals surface area contributed by atoms with Gasteiger partial charge in [-0.1, -0.05) is 55.5 Å². The Morgan fingerprint density at radius 2 is 1.55 bits per heavy atom. The number of rotatable bonds is 10. The van der Waals surface area contributed by atoms with Gasteiger partial charge < -0.3 is 19.0 Å². The van der Waals surface area contributed by atoms with E-state index in [0.29, 0.717) is 11.8 Å². The molecule has 0 N–H and O–H groups in total. The second-order valence-electron chi connectivity index (χ2n) is 6.80. The first-order chi connectivity index (χ1) is 14.0. The highest BCUT2D eigenvalue weighted by molar-refractivity contribution is 5.89. The number of ether oxygens (including phenoxy) is 3. The van der Waals surface area contributed by atoms with Crippen molar-refractivity contribution in [3.8, 4) is 0 Å². The van der Waals surface area contributed by atoms with Crippen molar-refractivity contribution < 1.29 is 28.6 Å². The largest absolute Gasteiger partial charge is 0.469 e. The van der Waals surface area contributed by atoms with Crippen LogP contribution in [0.15, 0.2) is 60.7 Å². The normalized spacial score (nSPS) is 14.9. The molecule has 0 aliphatic carbocycles. The molecule has 0 unspecified atom stereocenters. The van der Waals surface area contributed by atoms with E-state index in [1.165, 1.54) is 7.11 Å². The van der Waals surface area contributed by atoms with Crippen LogP contribution >= 0.6 is 0 Å². The molecule has 0 aliphatic heterocycles. The van der Waals surface area contributed by atoms with Crippen LogP contribution in [-0.2, 0) is 30.4 Å². The topological polar surface area (TPSA) is 78.9 Å². The van der Waals surface area contributed by atoms with Crippen LogP contribution in [0.1, 0.15) is 29.8 Å². The molecule has 2 rings (SSSR count). The third kappa shape index (κ3) is 6.26. The van der Waals surface area contributed by atoms with Crippen LogP contribution < -0.4 is 0 Å². The summed E-state index contributed by atoms with van der Waals surface area (Å²) in [5.74, 6) is -2.45. The zero-order chi connectivity index (χ0) is 21.2. The fourth-order valence-electron chi connectivity index (χ4n) is 3.02. The molecule has 0 spiro atoms. The molecule has 0 radical (unpaired) electrons. The zero-order valence-corrected chi connectivity index (χ0v) is 16.8. The number of esters is 2. The maximum absolute atomic E-state index is 12.6. The molecule has 4 atom stereocenters. The fraction of sp³-hybridized carbons (Fsp3) is 0.348. The van der Waals surface area contributed by atoms with Gasteiger partial charge in [0.2, 0.25) is 0 Å². The van der Waals surface area contributed by atoms with E-state index in [-0.39, 0.29) is 6.61 Å². The van der Waals surface area contributed by atoms with Crippen molar-refractivity contribution in [1.29, 1.82) is 0 Å². The van der Waals surface area contributed by atoms with Gasteiger partial charge in [-0.25, -0.2) is 4.79 Å². The number of hydrogen-bond acceptors (Lipinski definition) is 6.